The topological polar surface area (TPSA) is 73.7 Å². The molecule has 5 rings (SSSR count). The van der Waals surface area contributed by atoms with Gasteiger partial charge in [0.2, 0.25) is 5.91 Å². The summed E-state index contributed by atoms with van der Waals surface area (Å²) >= 11 is 0. The van der Waals surface area contributed by atoms with Gasteiger partial charge in [-0.2, -0.15) is 0 Å². The first kappa shape index (κ1) is 20.8. The zero-order chi connectivity index (χ0) is 22.6. The second-order valence-electron chi connectivity index (χ2n) is 7.82. The van der Waals surface area contributed by atoms with Gasteiger partial charge >= 0.3 is 5.97 Å². The van der Waals surface area contributed by atoms with Crippen LogP contribution < -0.4 is 14.4 Å². The van der Waals surface area contributed by atoms with E-state index in [1.165, 1.54) is 0 Å². The van der Waals surface area contributed by atoms with Crippen molar-refractivity contribution in [3.8, 4) is 11.5 Å². The van der Waals surface area contributed by atoms with Crippen LogP contribution >= 0.6 is 0 Å². The van der Waals surface area contributed by atoms with Crippen molar-refractivity contribution in [2.75, 3.05) is 11.4 Å². The molecule has 2 heterocycles. The Balaban J connectivity index is 1.30. The molecule has 166 valence electrons. The Morgan fingerprint density at radius 2 is 1.67 bits per heavy atom. The molecule has 0 radical (unpaired) electrons. The van der Waals surface area contributed by atoms with Gasteiger partial charge in [0.15, 0.2) is 0 Å². The first-order chi connectivity index (χ1) is 16.2. The Bertz CT molecular complexity index is 1280. The Labute approximate surface area is 191 Å². The van der Waals surface area contributed by atoms with Crippen LogP contribution in [0, 0.1) is 0 Å². The molecule has 1 aromatic heterocycles. The molecular weight excluding hydrogens is 418 g/mol. The predicted molar refractivity (Wildman–Crippen MR) is 124 cm³/mol. The normalized spacial score (nSPS) is 13.5. The molecule has 3 aromatic carbocycles. The first-order valence-corrected chi connectivity index (χ1v) is 10.9. The maximum absolute atomic E-state index is 12.8. The maximum Gasteiger partial charge on any atom is 0.331 e. The molecule has 0 saturated carbocycles. The molecule has 0 N–H and O–H groups in total. The van der Waals surface area contributed by atoms with Gasteiger partial charge in [0.05, 0.1) is 11.0 Å². The number of rotatable bonds is 7. The lowest BCUT2D eigenvalue weighted by Gasteiger charge is -2.16. The Morgan fingerprint density at radius 3 is 2.42 bits per heavy atom. The van der Waals surface area contributed by atoms with E-state index < -0.39 is 5.97 Å². The lowest BCUT2D eigenvalue weighted by molar-refractivity contribution is -0.135. The van der Waals surface area contributed by atoms with Gasteiger partial charge in [0.1, 0.15) is 30.5 Å². The largest absolute Gasteiger partial charge is 0.486 e. The van der Waals surface area contributed by atoms with Crippen LogP contribution in [0.4, 0.5) is 5.69 Å². The van der Waals surface area contributed by atoms with E-state index in [4.69, 9.17) is 9.47 Å². The number of para-hydroxylation sites is 3. The third-order valence-electron chi connectivity index (χ3n) is 5.59. The van der Waals surface area contributed by atoms with E-state index in [1.807, 2.05) is 59.2 Å². The lowest BCUT2D eigenvalue weighted by Crippen LogP contribution is -2.23. The minimum atomic E-state index is -0.413. The number of amides is 1. The van der Waals surface area contributed by atoms with Crippen molar-refractivity contribution in [1.82, 2.24) is 9.55 Å². The number of esters is 1. The summed E-state index contributed by atoms with van der Waals surface area (Å²) in [6, 6.07) is 24.2. The van der Waals surface area contributed by atoms with Gasteiger partial charge in [0.25, 0.3) is 0 Å². The number of fused-ring (bicyclic) bond motifs is 1. The quantitative estimate of drug-likeness (QED) is 0.315. The van der Waals surface area contributed by atoms with Crippen molar-refractivity contribution >= 4 is 28.6 Å². The summed E-state index contributed by atoms with van der Waals surface area (Å²) in [6.07, 6.45) is 1.44. The van der Waals surface area contributed by atoms with Crippen LogP contribution in [0.2, 0.25) is 0 Å². The molecule has 0 spiro atoms. The van der Waals surface area contributed by atoms with E-state index >= 15 is 0 Å². The molecule has 1 aliphatic heterocycles. The third-order valence-corrected chi connectivity index (χ3v) is 5.59. The van der Waals surface area contributed by atoms with Crippen LogP contribution in [0.15, 0.2) is 78.9 Å². The fourth-order valence-corrected chi connectivity index (χ4v) is 3.98. The molecule has 0 unspecified atom stereocenters. The number of carbonyl (C=O) groups excluding carboxylic acids is 2. The van der Waals surface area contributed by atoms with E-state index in [0.29, 0.717) is 18.0 Å². The summed E-state index contributed by atoms with van der Waals surface area (Å²) in [5, 5.41) is 0. The zero-order valence-corrected chi connectivity index (χ0v) is 18.0. The number of benzene rings is 3. The molecule has 0 aliphatic carbocycles. The maximum atomic E-state index is 12.8. The monoisotopic (exact) mass is 441 g/mol. The van der Waals surface area contributed by atoms with Crippen LogP contribution in [0.3, 0.4) is 0 Å². The predicted octanol–water partition coefficient (Wildman–Crippen LogP) is 4.35. The molecule has 1 aliphatic rings. The van der Waals surface area contributed by atoms with Gasteiger partial charge in [-0.05, 0) is 55.0 Å². The summed E-state index contributed by atoms with van der Waals surface area (Å²) in [5.74, 6) is 1.51. The van der Waals surface area contributed by atoms with Gasteiger partial charge < -0.3 is 18.9 Å². The molecule has 1 saturated heterocycles. The van der Waals surface area contributed by atoms with Crippen molar-refractivity contribution in [2.45, 2.75) is 26.0 Å². The highest BCUT2D eigenvalue weighted by molar-refractivity contribution is 5.95. The average Bonchev–Trinajstić information content (AvgIpc) is 3.42. The Kier molecular flexibility index (Phi) is 5.76. The van der Waals surface area contributed by atoms with Crippen LogP contribution in [0.5, 0.6) is 11.5 Å². The van der Waals surface area contributed by atoms with E-state index in [0.717, 1.165) is 35.4 Å². The van der Waals surface area contributed by atoms with Crippen LogP contribution in [-0.2, 0) is 22.7 Å². The molecule has 4 aromatic rings. The highest BCUT2D eigenvalue weighted by Gasteiger charge is 2.21. The van der Waals surface area contributed by atoms with Crippen molar-refractivity contribution in [3.63, 3.8) is 0 Å². The van der Waals surface area contributed by atoms with Crippen LogP contribution in [0.1, 0.15) is 18.7 Å². The van der Waals surface area contributed by atoms with Crippen molar-refractivity contribution in [3.05, 3.63) is 84.7 Å². The summed E-state index contributed by atoms with van der Waals surface area (Å²) < 4.78 is 13.2. The number of hydrogen-bond donors (Lipinski definition) is 0. The molecule has 0 atom stereocenters. The van der Waals surface area contributed by atoms with Crippen LogP contribution in [-0.4, -0.2) is 28.0 Å². The Hall–Kier alpha value is -4.13. The minimum absolute atomic E-state index is 0.000356. The number of anilines is 1. The number of carbonyl (C=O) groups is 2. The van der Waals surface area contributed by atoms with E-state index in [-0.39, 0.29) is 19.1 Å². The van der Waals surface area contributed by atoms with Gasteiger partial charge in [-0.1, -0.05) is 30.3 Å². The molecule has 1 fully saturated rings. The summed E-state index contributed by atoms with van der Waals surface area (Å²) in [6.45, 7) is 0.949. The highest BCUT2D eigenvalue weighted by Crippen LogP contribution is 2.24. The van der Waals surface area contributed by atoms with Gasteiger partial charge in [-0.3, -0.25) is 4.79 Å². The number of ether oxygens (including phenoxy) is 2. The zero-order valence-electron chi connectivity index (χ0n) is 18.0. The van der Waals surface area contributed by atoms with E-state index in [9.17, 15) is 9.59 Å². The molecule has 7 nitrogen and oxygen atoms in total. The second-order valence-corrected chi connectivity index (χ2v) is 7.82. The number of hydrogen-bond acceptors (Lipinski definition) is 5. The highest BCUT2D eigenvalue weighted by atomic mass is 16.5. The minimum Gasteiger partial charge on any atom is -0.486 e. The number of nitrogens with zero attached hydrogens (tertiary/aromatic N) is 3. The average molecular weight is 441 g/mol. The molecule has 1 amide bonds. The third kappa shape index (κ3) is 4.57. The number of aromatic nitrogens is 2. The second kappa shape index (κ2) is 9.16. The summed E-state index contributed by atoms with van der Waals surface area (Å²) in [7, 11) is 0. The first-order valence-electron chi connectivity index (χ1n) is 10.9. The Morgan fingerprint density at radius 1 is 0.909 bits per heavy atom. The SMILES string of the molecule is O=C(Cn1c(COc2ccccc2)nc2ccccc21)Oc1ccc(N2CCCC2=O)cc1. The van der Waals surface area contributed by atoms with Gasteiger partial charge in [0, 0.05) is 18.7 Å². The van der Waals surface area contributed by atoms with Crippen molar-refractivity contribution in [1.29, 1.82) is 0 Å². The van der Waals surface area contributed by atoms with Crippen molar-refractivity contribution < 1.29 is 19.1 Å². The van der Waals surface area contributed by atoms with Gasteiger partial charge in [-0.15, -0.1) is 0 Å². The molecular formula is C26H23N3O4. The smallest absolute Gasteiger partial charge is 0.331 e. The fourth-order valence-electron chi connectivity index (χ4n) is 3.98. The number of imidazole rings is 1. The van der Waals surface area contributed by atoms with Gasteiger partial charge in [-0.25, -0.2) is 9.78 Å². The van der Waals surface area contributed by atoms with E-state index in [2.05, 4.69) is 4.98 Å². The molecule has 0 bridgehead atoms. The summed E-state index contributed by atoms with van der Waals surface area (Å²) in [5.41, 5.74) is 2.44. The van der Waals surface area contributed by atoms with Crippen LogP contribution in [0.25, 0.3) is 11.0 Å². The summed E-state index contributed by atoms with van der Waals surface area (Å²) in [4.78, 5) is 31.1. The van der Waals surface area contributed by atoms with Crippen molar-refractivity contribution in [2.24, 2.45) is 0 Å². The lowest BCUT2D eigenvalue weighted by atomic mass is 10.3. The molecule has 33 heavy (non-hydrogen) atoms. The van der Waals surface area contributed by atoms with E-state index in [1.54, 1.807) is 29.2 Å². The molecule has 7 heteroatoms. The standard InChI is InChI=1S/C26H23N3O4/c30-25-11-6-16-28(25)19-12-14-21(15-13-19)33-26(31)17-29-23-10-5-4-9-22(23)27-24(29)18-32-20-7-2-1-3-8-20/h1-5,7-10,12-15H,6,11,16-18H2. The fraction of sp³-hybridized carbons (Fsp3) is 0.192.